The van der Waals surface area contributed by atoms with Gasteiger partial charge < -0.3 is 10.3 Å². The first-order valence-electron chi connectivity index (χ1n) is 6.96. The van der Waals surface area contributed by atoms with Gasteiger partial charge in [-0.2, -0.15) is 0 Å². The highest BCUT2D eigenvalue weighted by Gasteiger charge is 2.24. The Bertz CT molecular complexity index is 547. The Balaban J connectivity index is 1.92. The second-order valence-electron chi connectivity index (χ2n) is 5.36. The van der Waals surface area contributed by atoms with E-state index in [4.69, 9.17) is 5.73 Å². The molecule has 3 rings (SSSR count). The van der Waals surface area contributed by atoms with Gasteiger partial charge in [-0.1, -0.05) is 37.3 Å². The van der Waals surface area contributed by atoms with Gasteiger partial charge in [-0.15, -0.1) is 10.2 Å². The van der Waals surface area contributed by atoms with E-state index >= 15 is 0 Å². The first kappa shape index (κ1) is 12.4. The second-order valence-corrected chi connectivity index (χ2v) is 5.36. The Morgan fingerprint density at radius 2 is 2.11 bits per heavy atom. The van der Waals surface area contributed by atoms with Crippen molar-refractivity contribution < 1.29 is 0 Å². The molecule has 100 valence electrons. The van der Waals surface area contributed by atoms with Gasteiger partial charge in [0.05, 0.1) is 0 Å². The summed E-state index contributed by atoms with van der Waals surface area (Å²) in [4.78, 5) is 0. The Labute approximate surface area is 113 Å². The number of hydrogen-bond donors (Lipinski definition) is 1. The Morgan fingerprint density at radius 1 is 1.32 bits per heavy atom. The first-order chi connectivity index (χ1) is 9.29. The third-order valence-electron chi connectivity index (χ3n) is 4.09. The maximum absolute atomic E-state index is 5.81. The lowest BCUT2D eigenvalue weighted by molar-refractivity contribution is 0.365. The van der Waals surface area contributed by atoms with Gasteiger partial charge in [0.25, 0.3) is 0 Å². The van der Waals surface area contributed by atoms with Crippen LogP contribution in [-0.4, -0.2) is 21.3 Å². The summed E-state index contributed by atoms with van der Waals surface area (Å²) in [5.41, 5.74) is 7.10. The number of fused-ring (bicyclic) bond motifs is 1. The van der Waals surface area contributed by atoms with Crippen molar-refractivity contribution in [2.24, 2.45) is 11.7 Å². The lowest BCUT2D eigenvalue weighted by atomic mass is 9.97. The molecular weight excluding hydrogens is 236 g/mol. The van der Waals surface area contributed by atoms with Crippen LogP contribution in [-0.2, 0) is 13.0 Å². The standard InChI is InChI=1S/C15H20N4/c1-11(13-5-3-2-4-6-13)15-18-17-14-8-7-12(9-16)10-19(14)15/h2-6,11-12H,7-10,16H2,1H3. The fourth-order valence-corrected chi connectivity index (χ4v) is 2.82. The molecule has 2 unspecified atom stereocenters. The van der Waals surface area contributed by atoms with E-state index in [-0.39, 0.29) is 5.92 Å². The van der Waals surface area contributed by atoms with Gasteiger partial charge in [0.15, 0.2) is 0 Å². The maximum Gasteiger partial charge on any atom is 0.140 e. The lowest BCUT2D eigenvalue weighted by Gasteiger charge is -2.24. The van der Waals surface area contributed by atoms with Crippen molar-refractivity contribution in [2.45, 2.75) is 32.2 Å². The highest BCUT2D eigenvalue weighted by molar-refractivity contribution is 5.25. The van der Waals surface area contributed by atoms with Gasteiger partial charge in [0.1, 0.15) is 11.6 Å². The molecule has 4 heteroatoms. The number of benzene rings is 1. The van der Waals surface area contributed by atoms with Crippen LogP contribution in [0, 0.1) is 5.92 Å². The van der Waals surface area contributed by atoms with E-state index in [0.717, 1.165) is 37.6 Å². The van der Waals surface area contributed by atoms with E-state index in [1.807, 2.05) is 6.07 Å². The van der Waals surface area contributed by atoms with E-state index in [1.54, 1.807) is 0 Å². The van der Waals surface area contributed by atoms with Crippen molar-refractivity contribution in [1.29, 1.82) is 0 Å². The molecule has 19 heavy (non-hydrogen) atoms. The summed E-state index contributed by atoms with van der Waals surface area (Å²) in [5.74, 6) is 3.02. The van der Waals surface area contributed by atoms with Crippen molar-refractivity contribution >= 4 is 0 Å². The zero-order chi connectivity index (χ0) is 13.2. The van der Waals surface area contributed by atoms with Crippen LogP contribution in [0.1, 0.15) is 36.5 Å². The Kier molecular flexibility index (Phi) is 3.34. The van der Waals surface area contributed by atoms with Gasteiger partial charge >= 0.3 is 0 Å². The van der Waals surface area contributed by atoms with Crippen LogP contribution in [0.2, 0.25) is 0 Å². The zero-order valence-corrected chi connectivity index (χ0v) is 11.3. The molecule has 4 nitrogen and oxygen atoms in total. The Hall–Kier alpha value is -1.68. The van der Waals surface area contributed by atoms with Crippen LogP contribution in [0.25, 0.3) is 0 Å². The minimum absolute atomic E-state index is 0.277. The topological polar surface area (TPSA) is 56.7 Å². The first-order valence-corrected chi connectivity index (χ1v) is 6.96. The molecule has 2 N–H and O–H groups in total. The zero-order valence-electron chi connectivity index (χ0n) is 11.3. The smallest absolute Gasteiger partial charge is 0.140 e. The summed E-state index contributed by atoms with van der Waals surface area (Å²) in [6, 6.07) is 10.5. The van der Waals surface area contributed by atoms with Crippen LogP contribution >= 0.6 is 0 Å². The summed E-state index contributed by atoms with van der Waals surface area (Å²) in [5, 5.41) is 8.76. The molecular formula is C15H20N4. The highest BCUT2D eigenvalue weighted by atomic mass is 15.3. The van der Waals surface area contributed by atoms with Crippen LogP contribution in [0.5, 0.6) is 0 Å². The van der Waals surface area contributed by atoms with E-state index in [0.29, 0.717) is 5.92 Å². The SMILES string of the molecule is CC(c1ccccc1)c1nnc2n1CC(CN)CC2. The predicted molar refractivity (Wildman–Crippen MR) is 74.8 cm³/mol. The summed E-state index contributed by atoms with van der Waals surface area (Å²) in [6.45, 7) is 3.90. The number of nitrogens with two attached hydrogens (primary N) is 1. The normalized spacial score (nSPS) is 20.0. The van der Waals surface area contributed by atoms with Crippen LogP contribution in [0.4, 0.5) is 0 Å². The molecule has 0 saturated heterocycles. The summed E-state index contributed by atoms with van der Waals surface area (Å²) in [6.07, 6.45) is 2.13. The molecule has 0 saturated carbocycles. The quantitative estimate of drug-likeness (QED) is 0.913. The minimum Gasteiger partial charge on any atom is -0.330 e. The largest absolute Gasteiger partial charge is 0.330 e. The van der Waals surface area contributed by atoms with Crippen molar-refractivity contribution in [1.82, 2.24) is 14.8 Å². The molecule has 1 aliphatic rings. The number of aryl methyl sites for hydroxylation is 1. The monoisotopic (exact) mass is 256 g/mol. The van der Waals surface area contributed by atoms with Crippen LogP contribution < -0.4 is 5.73 Å². The van der Waals surface area contributed by atoms with Gasteiger partial charge in [-0.3, -0.25) is 0 Å². The van der Waals surface area contributed by atoms with Crippen molar-refractivity contribution in [2.75, 3.05) is 6.54 Å². The van der Waals surface area contributed by atoms with Crippen molar-refractivity contribution in [3.05, 3.63) is 47.5 Å². The van der Waals surface area contributed by atoms with E-state index < -0.39 is 0 Å². The van der Waals surface area contributed by atoms with Gasteiger partial charge in [0, 0.05) is 18.9 Å². The Morgan fingerprint density at radius 3 is 2.84 bits per heavy atom. The molecule has 0 amide bonds. The lowest BCUT2D eigenvalue weighted by Crippen LogP contribution is -2.27. The number of nitrogens with zero attached hydrogens (tertiary/aromatic N) is 3. The summed E-state index contributed by atoms with van der Waals surface area (Å²) in [7, 11) is 0. The predicted octanol–water partition coefficient (Wildman–Crippen LogP) is 1.95. The molecule has 2 aromatic rings. The van der Waals surface area contributed by atoms with E-state index in [2.05, 4.69) is 46.0 Å². The second kappa shape index (κ2) is 5.13. The van der Waals surface area contributed by atoms with Crippen molar-refractivity contribution in [3.63, 3.8) is 0 Å². The van der Waals surface area contributed by atoms with E-state index in [1.165, 1.54) is 5.56 Å². The summed E-state index contributed by atoms with van der Waals surface area (Å²) >= 11 is 0. The fourth-order valence-electron chi connectivity index (χ4n) is 2.82. The number of rotatable bonds is 3. The van der Waals surface area contributed by atoms with Gasteiger partial charge in [0.2, 0.25) is 0 Å². The third kappa shape index (κ3) is 2.28. The third-order valence-corrected chi connectivity index (χ3v) is 4.09. The number of hydrogen-bond acceptors (Lipinski definition) is 3. The molecule has 1 aromatic carbocycles. The van der Waals surface area contributed by atoms with Crippen molar-refractivity contribution in [3.8, 4) is 0 Å². The molecule has 0 radical (unpaired) electrons. The molecule has 1 aliphatic heterocycles. The highest BCUT2D eigenvalue weighted by Crippen LogP contribution is 2.27. The van der Waals surface area contributed by atoms with E-state index in [9.17, 15) is 0 Å². The number of aromatic nitrogens is 3. The molecule has 0 fully saturated rings. The molecule has 2 atom stereocenters. The summed E-state index contributed by atoms with van der Waals surface area (Å²) < 4.78 is 2.28. The average Bonchev–Trinajstić information content (AvgIpc) is 2.90. The molecule has 1 aromatic heterocycles. The molecule has 0 bridgehead atoms. The van der Waals surface area contributed by atoms with Gasteiger partial charge in [-0.25, -0.2) is 0 Å². The molecule has 2 heterocycles. The molecule has 0 aliphatic carbocycles. The van der Waals surface area contributed by atoms with Gasteiger partial charge in [-0.05, 0) is 24.4 Å². The minimum atomic E-state index is 0.277. The molecule has 0 spiro atoms. The average molecular weight is 256 g/mol. The fraction of sp³-hybridized carbons (Fsp3) is 0.467. The van der Waals surface area contributed by atoms with Crippen LogP contribution in [0.3, 0.4) is 0 Å². The van der Waals surface area contributed by atoms with Crippen LogP contribution in [0.15, 0.2) is 30.3 Å². The maximum atomic E-state index is 5.81.